The van der Waals surface area contributed by atoms with E-state index in [9.17, 15) is 14.7 Å². The topological polar surface area (TPSA) is 84.9 Å². The summed E-state index contributed by atoms with van der Waals surface area (Å²) < 4.78 is 9.90. The number of hydrogen-bond acceptors (Lipinski definition) is 5. The molecule has 0 radical (unpaired) electrons. The zero-order chi connectivity index (χ0) is 19.4. The van der Waals surface area contributed by atoms with Crippen LogP contribution in [-0.2, 0) is 16.8 Å². The molecule has 2 aromatic rings. The number of amides is 1. The Morgan fingerprint density at radius 2 is 1.81 bits per heavy atom. The second-order valence-electron chi connectivity index (χ2n) is 6.66. The van der Waals surface area contributed by atoms with E-state index in [4.69, 9.17) is 4.74 Å². The number of rotatable bonds is 5. The highest BCUT2D eigenvalue weighted by Crippen LogP contribution is 2.36. The van der Waals surface area contributed by atoms with Crippen LogP contribution in [0.2, 0.25) is 0 Å². The third-order valence-electron chi connectivity index (χ3n) is 4.96. The summed E-state index contributed by atoms with van der Waals surface area (Å²) in [5.74, 6) is -0.00119. The molecule has 0 heterocycles. The van der Waals surface area contributed by atoms with Crippen LogP contribution in [0, 0.1) is 0 Å². The lowest BCUT2D eigenvalue weighted by molar-refractivity contribution is 0.0189. The van der Waals surface area contributed by atoms with Crippen LogP contribution in [0.25, 0.3) is 0 Å². The predicted molar refractivity (Wildman–Crippen MR) is 99.9 cm³/mol. The fraction of sp³-hybridized carbons (Fsp3) is 0.333. The third kappa shape index (κ3) is 3.95. The second-order valence-corrected chi connectivity index (χ2v) is 6.66. The van der Waals surface area contributed by atoms with Gasteiger partial charge in [0.25, 0.3) is 5.91 Å². The van der Waals surface area contributed by atoms with Gasteiger partial charge in [-0.05, 0) is 66.8 Å². The molecule has 6 heteroatoms. The Bertz CT molecular complexity index is 846. The lowest BCUT2D eigenvalue weighted by Gasteiger charge is -2.35. The Hall–Kier alpha value is -2.86. The fourth-order valence-corrected chi connectivity index (χ4v) is 3.45. The first-order valence-electron chi connectivity index (χ1n) is 8.83. The second kappa shape index (κ2) is 7.80. The largest absolute Gasteiger partial charge is 0.497 e. The molecular formula is C21H23NO5. The molecule has 1 aliphatic rings. The molecule has 0 unspecified atom stereocenters. The summed E-state index contributed by atoms with van der Waals surface area (Å²) in [7, 11) is 2.92. The van der Waals surface area contributed by atoms with Crippen LogP contribution < -0.4 is 10.1 Å². The van der Waals surface area contributed by atoms with Crippen molar-refractivity contribution in [1.82, 2.24) is 5.32 Å². The minimum absolute atomic E-state index is 0.115. The smallest absolute Gasteiger partial charge is 0.337 e. The highest BCUT2D eigenvalue weighted by atomic mass is 16.5. The number of aryl methyl sites for hydroxylation is 1. The van der Waals surface area contributed by atoms with Crippen LogP contribution in [0.3, 0.4) is 0 Å². The monoisotopic (exact) mass is 369 g/mol. The van der Waals surface area contributed by atoms with E-state index in [1.807, 2.05) is 18.2 Å². The molecule has 0 spiro atoms. The Morgan fingerprint density at radius 3 is 2.48 bits per heavy atom. The van der Waals surface area contributed by atoms with Gasteiger partial charge in [-0.25, -0.2) is 4.79 Å². The van der Waals surface area contributed by atoms with Gasteiger partial charge in [0.2, 0.25) is 0 Å². The first-order valence-corrected chi connectivity index (χ1v) is 8.83. The van der Waals surface area contributed by atoms with E-state index in [-0.39, 0.29) is 12.5 Å². The molecule has 1 aliphatic carbocycles. The summed E-state index contributed by atoms with van der Waals surface area (Å²) in [4.78, 5) is 23.9. The van der Waals surface area contributed by atoms with Crippen molar-refractivity contribution in [2.24, 2.45) is 0 Å². The van der Waals surface area contributed by atoms with Gasteiger partial charge in [-0.3, -0.25) is 4.79 Å². The summed E-state index contributed by atoms with van der Waals surface area (Å²) in [6, 6.07) is 11.8. The van der Waals surface area contributed by atoms with Crippen LogP contribution in [0.5, 0.6) is 5.75 Å². The van der Waals surface area contributed by atoms with Crippen molar-refractivity contribution < 1.29 is 24.2 Å². The highest BCUT2D eigenvalue weighted by molar-refractivity contribution is 5.96. The van der Waals surface area contributed by atoms with E-state index in [2.05, 4.69) is 10.1 Å². The molecule has 2 aromatic carbocycles. The number of hydrogen-bond donors (Lipinski definition) is 2. The Kier molecular flexibility index (Phi) is 5.46. The normalized spacial score (nSPS) is 18.3. The summed E-state index contributed by atoms with van der Waals surface area (Å²) >= 11 is 0. The molecule has 0 aliphatic heterocycles. The van der Waals surface area contributed by atoms with Crippen molar-refractivity contribution >= 4 is 11.9 Å². The van der Waals surface area contributed by atoms with E-state index in [0.717, 1.165) is 29.7 Å². The predicted octanol–water partition coefficient (Wildman–Crippen LogP) is 2.44. The number of aliphatic hydroxyl groups is 1. The molecule has 6 nitrogen and oxygen atoms in total. The van der Waals surface area contributed by atoms with Crippen LogP contribution >= 0.6 is 0 Å². The van der Waals surface area contributed by atoms with Crippen LogP contribution in [0.1, 0.15) is 44.7 Å². The van der Waals surface area contributed by atoms with Gasteiger partial charge in [-0.1, -0.05) is 6.07 Å². The van der Waals surface area contributed by atoms with Gasteiger partial charge in [-0.15, -0.1) is 0 Å². The quantitative estimate of drug-likeness (QED) is 0.791. The van der Waals surface area contributed by atoms with Gasteiger partial charge in [0.05, 0.1) is 26.3 Å². The number of carbonyl (C=O) groups excluding carboxylic acids is 2. The number of ether oxygens (including phenoxy) is 2. The van der Waals surface area contributed by atoms with Crippen molar-refractivity contribution in [2.75, 3.05) is 20.8 Å². The SMILES string of the molecule is COC(=O)c1ccc(C(=O)NC[C@]2(O)CCCc3cc(OC)ccc32)cc1. The van der Waals surface area contributed by atoms with E-state index in [1.165, 1.54) is 19.2 Å². The standard InChI is InChI=1S/C21H23NO5/c1-26-17-9-10-18-16(12-17)4-3-11-21(18,25)13-22-19(23)14-5-7-15(8-6-14)20(24)27-2/h5-10,12,25H,3-4,11,13H2,1-2H3,(H,22,23)/t21-/m1/s1. The maximum absolute atomic E-state index is 12.4. The average molecular weight is 369 g/mol. The lowest BCUT2D eigenvalue weighted by Crippen LogP contribution is -2.43. The molecule has 0 saturated carbocycles. The van der Waals surface area contributed by atoms with Gasteiger partial charge >= 0.3 is 5.97 Å². The molecule has 1 amide bonds. The summed E-state index contributed by atoms with van der Waals surface area (Å²) in [6.45, 7) is 0.115. The van der Waals surface area contributed by atoms with E-state index in [0.29, 0.717) is 17.5 Å². The van der Waals surface area contributed by atoms with E-state index >= 15 is 0 Å². The Balaban J connectivity index is 1.71. The zero-order valence-electron chi connectivity index (χ0n) is 15.5. The number of methoxy groups -OCH3 is 2. The molecule has 0 saturated heterocycles. The summed E-state index contributed by atoms with van der Waals surface area (Å²) in [5.41, 5.74) is 1.55. The molecule has 0 fully saturated rings. The van der Waals surface area contributed by atoms with Crippen LogP contribution in [0.4, 0.5) is 0 Å². The summed E-state index contributed by atoms with van der Waals surface area (Å²) in [6.07, 6.45) is 2.28. The minimum atomic E-state index is -1.11. The first-order chi connectivity index (χ1) is 13.0. The van der Waals surface area contributed by atoms with Crippen LogP contribution in [-0.4, -0.2) is 37.7 Å². The fourth-order valence-electron chi connectivity index (χ4n) is 3.45. The van der Waals surface area contributed by atoms with Gasteiger partial charge < -0.3 is 19.9 Å². The maximum atomic E-state index is 12.4. The van der Waals surface area contributed by atoms with Crippen molar-refractivity contribution in [2.45, 2.75) is 24.9 Å². The van der Waals surface area contributed by atoms with Gasteiger partial charge in [-0.2, -0.15) is 0 Å². The molecular weight excluding hydrogens is 346 g/mol. The number of carbonyl (C=O) groups is 2. The number of benzene rings is 2. The van der Waals surface area contributed by atoms with Crippen molar-refractivity contribution in [1.29, 1.82) is 0 Å². The Labute approximate surface area is 158 Å². The minimum Gasteiger partial charge on any atom is -0.497 e. The number of fused-ring (bicyclic) bond motifs is 1. The van der Waals surface area contributed by atoms with Gasteiger partial charge in [0.15, 0.2) is 0 Å². The lowest BCUT2D eigenvalue weighted by atomic mass is 9.79. The molecule has 27 heavy (non-hydrogen) atoms. The Morgan fingerprint density at radius 1 is 1.11 bits per heavy atom. The van der Waals surface area contributed by atoms with Crippen molar-refractivity contribution in [3.05, 3.63) is 64.7 Å². The maximum Gasteiger partial charge on any atom is 0.337 e. The summed E-state index contributed by atoms with van der Waals surface area (Å²) in [5, 5.41) is 13.9. The first kappa shape index (κ1) is 18.9. The van der Waals surface area contributed by atoms with Crippen molar-refractivity contribution in [3.8, 4) is 5.75 Å². The molecule has 2 N–H and O–H groups in total. The number of esters is 1. The highest BCUT2D eigenvalue weighted by Gasteiger charge is 2.35. The zero-order valence-corrected chi connectivity index (χ0v) is 15.5. The average Bonchev–Trinajstić information content (AvgIpc) is 2.71. The molecule has 0 aromatic heterocycles. The molecule has 0 bridgehead atoms. The molecule has 142 valence electrons. The van der Waals surface area contributed by atoms with Gasteiger partial charge in [0.1, 0.15) is 11.4 Å². The molecule has 3 rings (SSSR count). The van der Waals surface area contributed by atoms with Crippen LogP contribution in [0.15, 0.2) is 42.5 Å². The van der Waals surface area contributed by atoms with Crippen molar-refractivity contribution in [3.63, 3.8) is 0 Å². The molecule has 1 atom stereocenters. The number of nitrogens with one attached hydrogen (secondary N) is 1. The van der Waals surface area contributed by atoms with E-state index < -0.39 is 11.6 Å². The van der Waals surface area contributed by atoms with Gasteiger partial charge in [0, 0.05) is 5.56 Å². The third-order valence-corrected chi connectivity index (χ3v) is 4.96. The van der Waals surface area contributed by atoms with E-state index in [1.54, 1.807) is 19.2 Å².